The van der Waals surface area contributed by atoms with E-state index in [-0.39, 0.29) is 5.41 Å². The first-order valence-corrected chi connectivity index (χ1v) is 9.09. The molecule has 1 heterocycles. The number of rotatable bonds is 0. The largest absolute Gasteiger partial charge is 0.673 e. The molecule has 0 saturated carbocycles. The molecule has 0 nitrogen and oxygen atoms in total. The first-order chi connectivity index (χ1) is 11.3. The van der Waals surface area contributed by atoms with Gasteiger partial charge in [0.25, 0.3) is 0 Å². The van der Waals surface area contributed by atoms with Crippen molar-refractivity contribution in [2.75, 3.05) is 0 Å². The van der Waals surface area contributed by atoms with Gasteiger partial charge in [-0.1, -0.05) is 47.6 Å². The number of halogens is 7. The van der Waals surface area contributed by atoms with Gasteiger partial charge in [0.1, 0.15) is 0 Å². The topological polar surface area (TPSA) is 0 Å². The average molecular weight is 402 g/mol. The van der Waals surface area contributed by atoms with Crippen LogP contribution in [0.1, 0.15) is 52.0 Å². The van der Waals surface area contributed by atoms with Crippen molar-refractivity contribution in [2.45, 2.75) is 57.9 Å². The normalized spacial score (nSPS) is 14.3. The predicted molar refractivity (Wildman–Crippen MR) is 95.3 cm³/mol. The highest BCUT2D eigenvalue weighted by Crippen LogP contribution is 2.54. The van der Waals surface area contributed by atoms with Crippen LogP contribution in [0.2, 0.25) is 0 Å². The summed E-state index contributed by atoms with van der Waals surface area (Å²) in [4.78, 5) is 0.482. The molecule has 26 heavy (non-hydrogen) atoms. The Labute approximate surface area is 151 Å². The van der Waals surface area contributed by atoms with Gasteiger partial charge >= 0.3 is 12.8 Å². The summed E-state index contributed by atoms with van der Waals surface area (Å²) in [6.45, 7) is 11.6. The van der Waals surface area contributed by atoms with Gasteiger partial charge in [-0.05, 0) is 17.0 Å². The lowest BCUT2D eigenvalue weighted by Gasteiger charge is -2.18. The Balaban J connectivity index is 0.000000597. The highest BCUT2D eigenvalue weighted by atomic mass is 32.2. The van der Waals surface area contributed by atoms with Crippen molar-refractivity contribution in [2.24, 2.45) is 0 Å². The van der Waals surface area contributed by atoms with Crippen molar-refractivity contribution in [3.05, 3.63) is 34.7 Å². The number of thiophene rings is 1. The number of hydrogen-bond donors (Lipinski definition) is 0. The Morgan fingerprint density at radius 1 is 0.769 bits per heavy atom. The second-order valence-electron chi connectivity index (χ2n) is 8.01. The summed E-state index contributed by atoms with van der Waals surface area (Å²) in [5.74, 6) is 0. The minimum atomic E-state index is -6.00. The number of fused-ring (bicyclic) bond motifs is 1. The zero-order chi connectivity index (χ0) is 20.7. The third kappa shape index (κ3) is 6.18. The number of alkyl halides is 3. The van der Waals surface area contributed by atoms with Crippen LogP contribution in [0.15, 0.2) is 24.3 Å². The quantitative estimate of drug-likeness (QED) is 0.238. The SMILES string of the molecule is CC(C)(C)c1ccc2cc(C(C)(C)C)[s+](C(F)(F)F)c2c1.F[B-](F)(F)F. The van der Waals surface area contributed by atoms with E-state index in [9.17, 15) is 30.4 Å². The Morgan fingerprint density at radius 3 is 1.58 bits per heavy atom. The van der Waals surface area contributed by atoms with Gasteiger partial charge in [-0.15, -0.1) is 13.2 Å². The molecular weight excluding hydrogens is 380 g/mol. The molecule has 0 fully saturated rings. The molecule has 2 rings (SSSR count). The van der Waals surface area contributed by atoms with Crippen LogP contribution in [0.4, 0.5) is 30.4 Å². The van der Waals surface area contributed by atoms with Gasteiger partial charge in [0.15, 0.2) is 9.58 Å². The van der Waals surface area contributed by atoms with Crippen LogP contribution in [0.3, 0.4) is 0 Å². The van der Waals surface area contributed by atoms with E-state index in [1.54, 1.807) is 12.1 Å². The lowest BCUT2D eigenvalue weighted by Crippen LogP contribution is -2.12. The minimum Gasteiger partial charge on any atom is -0.418 e. The van der Waals surface area contributed by atoms with Crippen LogP contribution >= 0.6 is 10.5 Å². The Hall–Kier alpha value is -1.25. The molecule has 0 amide bonds. The Morgan fingerprint density at radius 2 is 1.23 bits per heavy atom. The maximum absolute atomic E-state index is 13.6. The van der Waals surface area contributed by atoms with Crippen molar-refractivity contribution in [1.29, 1.82) is 0 Å². The van der Waals surface area contributed by atoms with E-state index in [2.05, 4.69) is 0 Å². The van der Waals surface area contributed by atoms with Crippen molar-refractivity contribution in [3.8, 4) is 0 Å². The fourth-order valence-corrected chi connectivity index (χ4v) is 4.59. The lowest BCUT2D eigenvalue weighted by molar-refractivity contribution is -0.0869. The Kier molecular flexibility index (Phi) is 6.19. The molecule has 148 valence electrons. The molecule has 0 saturated heterocycles. The maximum Gasteiger partial charge on any atom is 0.673 e. The summed E-state index contributed by atoms with van der Waals surface area (Å²) in [7, 11) is -7.81. The van der Waals surface area contributed by atoms with Crippen LogP contribution in [0, 0.1) is 0 Å². The van der Waals surface area contributed by atoms with Crippen molar-refractivity contribution in [3.63, 3.8) is 0 Å². The first-order valence-electron chi connectivity index (χ1n) is 7.87. The number of benzene rings is 1. The molecule has 0 spiro atoms. The number of hydrogen-bond acceptors (Lipinski definition) is 0. The zero-order valence-electron chi connectivity index (χ0n) is 15.4. The first kappa shape index (κ1) is 22.8. The molecule has 1 aromatic carbocycles. The molecule has 0 aliphatic rings. The van der Waals surface area contributed by atoms with Gasteiger partial charge in [0.2, 0.25) is 0 Å². The molecule has 0 radical (unpaired) electrons. The van der Waals surface area contributed by atoms with Gasteiger partial charge in [0, 0.05) is 22.9 Å². The van der Waals surface area contributed by atoms with E-state index >= 15 is 0 Å². The molecule has 9 heteroatoms. The molecule has 1 aromatic heterocycles. The molecule has 0 aliphatic carbocycles. The molecule has 1 atom stereocenters. The van der Waals surface area contributed by atoms with Gasteiger partial charge in [-0.25, -0.2) is 0 Å². The van der Waals surface area contributed by atoms with Gasteiger partial charge < -0.3 is 17.3 Å². The summed E-state index contributed by atoms with van der Waals surface area (Å²) < 4.78 is 80.3. The summed E-state index contributed by atoms with van der Waals surface area (Å²) in [5.41, 5.74) is -3.91. The molecule has 0 bridgehead atoms. The van der Waals surface area contributed by atoms with Crippen molar-refractivity contribution < 1.29 is 30.4 Å². The van der Waals surface area contributed by atoms with E-state index in [0.717, 1.165) is 5.56 Å². The minimum absolute atomic E-state index is 0.153. The summed E-state index contributed by atoms with van der Waals surface area (Å²) in [6.07, 6.45) is 0. The predicted octanol–water partition coefficient (Wildman–Crippen LogP) is 7.96. The van der Waals surface area contributed by atoms with Gasteiger partial charge in [0.05, 0.1) is 10.5 Å². The van der Waals surface area contributed by atoms with E-state index in [1.807, 2.05) is 53.7 Å². The third-order valence-corrected chi connectivity index (χ3v) is 6.00. The maximum atomic E-state index is 13.6. The second-order valence-corrected chi connectivity index (χ2v) is 9.96. The molecule has 0 N–H and O–H groups in total. The highest BCUT2D eigenvalue weighted by Gasteiger charge is 2.50. The Bertz CT molecular complexity index is 753. The van der Waals surface area contributed by atoms with Crippen LogP contribution in [0.5, 0.6) is 0 Å². The highest BCUT2D eigenvalue weighted by molar-refractivity contribution is 7.38. The summed E-state index contributed by atoms with van der Waals surface area (Å²) in [5, 5.41) is 0.716. The standard InChI is InChI=1S/C17H22F3S.BF4/c1-15(2,3)12-8-7-11-9-14(16(4,5)6)21(13(11)10-12)17(18,19)20;2-1(3,4)5/h7-10H,1-6H3;/q+1;-1. The van der Waals surface area contributed by atoms with Crippen LogP contribution in [-0.2, 0) is 16.3 Å². The van der Waals surface area contributed by atoms with Crippen molar-refractivity contribution >= 4 is 27.8 Å². The van der Waals surface area contributed by atoms with E-state index in [0.29, 0.717) is 15.0 Å². The van der Waals surface area contributed by atoms with Crippen LogP contribution < -0.4 is 0 Å². The fraction of sp³-hybridized carbons (Fsp3) is 0.529. The van der Waals surface area contributed by atoms with E-state index in [4.69, 9.17) is 0 Å². The smallest absolute Gasteiger partial charge is 0.418 e. The zero-order valence-corrected chi connectivity index (χ0v) is 16.3. The lowest BCUT2D eigenvalue weighted by atomic mass is 9.87. The van der Waals surface area contributed by atoms with E-state index < -0.39 is 28.6 Å². The molecular formula is C17H22BF7S. The fourth-order valence-electron chi connectivity index (χ4n) is 2.39. The van der Waals surface area contributed by atoms with Gasteiger partial charge in [-0.3, -0.25) is 0 Å². The molecule has 1 unspecified atom stereocenters. The second kappa shape index (κ2) is 7.05. The monoisotopic (exact) mass is 402 g/mol. The molecule has 2 aromatic rings. The van der Waals surface area contributed by atoms with E-state index in [1.165, 1.54) is 0 Å². The van der Waals surface area contributed by atoms with Crippen LogP contribution in [0.25, 0.3) is 10.1 Å². The van der Waals surface area contributed by atoms with Crippen molar-refractivity contribution in [1.82, 2.24) is 0 Å². The third-order valence-electron chi connectivity index (χ3n) is 3.58. The van der Waals surface area contributed by atoms with Crippen LogP contribution in [-0.4, -0.2) is 7.25 Å². The average Bonchev–Trinajstić information content (AvgIpc) is 2.73. The molecule has 0 aliphatic heterocycles. The summed E-state index contributed by atoms with van der Waals surface area (Å²) in [6, 6.07) is 7.26. The van der Waals surface area contributed by atoms with Gasteiger partial charge in [-0.2, -0.15) is 0 Å². The summed E-state index contributed by atoms with van der Waals surface area (Å²) >= 11 is 0.